The molecule has 0 unspecified atom stereocenters. The first-order valence-electron chi connectivity index (χ1n) is 6.93. The molecule has 22 heavy (non-hydrogen) atoms. The highest BCUT2D eigenvalue weighted by molar-refractivity contribution is 7.99. The van der Waals surface area contributed by atoms with E-state index < -0.39 is 5.82 Å². The van der Waals surface area contributed by atoms with Crippen LogP contribution in [0, 0.1) is 18.2 Å². The van der Waals surface area contributed by atoms with Gasteiger partial charge in [0.2, 0.25) is 0 Å². The summed E-state index contributed by atoms with van der Waals surface area (Å²) in [7, 11) is 0. The Morgan fingerprint density at radius 3 is 2.82 bits per heavy atom. The Balaban J connectivity index is 2.08. The van der Waals surface area contributed by atoms with Crippen LogP contribution >= 0.6 is 35.0 Å². The number of halogens is 3. The lowest BCUT2D eigenvalue weighted by Crippen LogP contribution is -2.02. The van der Waals surface area contributed by atoms with Crippen LogP contribution in [0.5, 0.6) is 0 Å². The van der Waals surface area contributed by atoms with Crippen molar-refractivity contribution in [2.45, 2.75) is 30.6 Å². The topological polar surface area (TPSA) is 17.8 Å². The van der Waals surface area contributed by atoms with Crippen molar-refractivity contribution in [3.8, 4) is 18.0 Å². The maximum atomic E-state index is 14.3. The van der Waals surface area contributed by atoms with E-state index in [1.165, 1.54) is 22.5 Å². The third-order valence-corrected chi connectivity index (χ3v) is 5.41. The zero-order valence-corrected chi connectivity index (χ0v) is 14.0. The summed E-state index contributed by atoms with van der Waals surface area (Å²) < 4.78 is 15.8. The number of benzene rings is 1. The van der Waals surface area contributed by atoms with E-state index in [1.54, 1.807) is 6.07 Å². The first-order valence-corrected chi connectivity index (χ1v) is 8.68. The largest absolute Gasteiger partial charge is 0.219 e. The minimum atomic E-state index is -0.447. The molecule has 2 aromatic rings. The van der Waals surface area contributed by atoms with Gasteiger partial charge in [0.15, 0.2) is 0 Å². The lowest BCUT2D eigenvalue weighted by atomic mass is 9.99. The summed E-state index contributed by atoms with van der Waals surface area (Å²) in [6.07, 6.45) is 9.22. The van der Waals surface area contributed by atoms with Crippen molar-refractivity contribution in [3.05, 3.63) is 39.4 Å². The number of aromatic nitrogens is 2. The number of hydrogen-bond donors (Lipinski definition) is 0. The lowest BCUT2D eigenvalue weighted by molar-refractivity contribution is 0.607. The molecule has 0 bridgehead atoms. The molecule has 3 rings (SSSR count). The highest BCUT2D eigenvalue weighted by Gasteiger charge is 2.22. The molecule has 0 amide bonds. The molecular formula is C16H13Cl2FN2S. The third-order valence-electron chi connectivity index (χ3n) is 3.63. The zero-order valence-electron chi connectivity index (χ0n) is 11.7. The maximum absolute atomic E-state index is 14.3. The second kappa shape index (κ2) is 6.54. The molecule has 1 aromatic carbocycles. The molecular weight excluding hydrogens is 342 g/mol. The van der Waals surface area contributed by atoms with E-state index in [0.717, 1.165) is 41.8 Å². The molecule has 0 spiro atoms. The summed E-state index contributed by atoms with van der Waals surface area (Å²) >= 11 is 13.9. The van der Waals surface area contributed by atoms with E-state index in [-0.39, 0.29) is 0 Å². The molecule has 1 heterocycles. The summed E-state index contributed by atoms with van der Waals surface area (Å²) in [6.45, 7) is 0. The van der Waals surface area contributed by atoms with Crippen molar-refractivity contribution in [3.63, 3.8) is 0 Å². The summed E-state index contributed by atoms with van der Waals surface area (Å²) in [5.41, 5.74) is 2.30. The lowest BCUT2D eigenvalue weighted by Gasteiger charge is -2.09. The Hall–Kier alpha value is -1.15. The third kappa shape index (κ3) is 2.86. The van der Waals surface area contributed by atoms with Gasteiger partial charge in [-0.3, -0.25) is 0 Å². The number of rotatable bonds is 3. The standard InChI is InChI=1S/C16H13Cl2FN2S/c1-2-7-22-15-9-14(12(19)8-11(15)17)21-16(18)10-5-3-4-6-13(10)20-21/h1,8-9H,3-7H2. The van der Waals surface area contributed by atoms with Crippen molar-refractivity contribution in [2.75, 3.05) is 5.75 Å². The molecule has 0 radical (unpaired) electrons. The van der Waals surface area contributed by atoms with E-state index in [4.69, 9.17) is 29.6 Å². The molecule has 0 N–H and O–H groups in total. The maximum Gasteiger partial charge on any atom is 0.150 e. The Bertz CT molecular complexity index is 764. The van der Waals surface area contributed by atoms with Crippen molar-refractivity contribution in [1.29, 1.82) is 0 Å². The predicted molar refractivity (Wildman–Crippen MR) is 89.7 cm³/mol. The van der Waals surface area contributed by atoms with Crippen LogP contribution in [0.2, 0.25) is 10.2 Å². The number of thioether (sulfide) groups is 1. The van der Waals surface area contributed by atoms with Gasteiger partial charge in [-0.05, 0) is 37.8 Å². The molecule has 6 heteroatoms. The first-order chi connectivity index (χ1) is 10.6. The van der Waals surface area contributed by atoms with Crippen LogP contribution in [0.3, 0.4) is 0 Å². The summed E-state index contributed by atoms with van der Waals surface area (Å²) in [5.74, 6) is 2.55. The van der Waals surface area contributed by atoms with Gasteiger partial charge in [0.05, 0.1) is 16.5 Å². The van der Waals surface area contributed by atoms with Crippen molar-refractivity contribution >= 4 is 35.0 Å². The molecule has 0 aliphatic heterocycles. The summed E-state index contributed by atoms with van der Waals surface area (Å²) in [5, 5.41) is 5.32. The zero-order chi connectivity index (χ0) is 15.7. The van der Waals surface area contributed by atoms with E-state index in [9.17, 15) is 4.39 Å². The summed E-state index contributed by atoms with van der Waals surface area (Å²) in [4.78, 5) is 0.723. The van der Waals surface area contributed by atoms with Crippen molar-refractivity contribution in [2.24, 2.45) is 0 Å². The smallest absolute Gasteiger partial charge is 0.150 e. The Morgan fingerprint density at radius 1 is 1.32 bits per heavy atom. The van der Waals surface area contributed by atoms with Gasteiger partial charge in [-0.2, -0.15) is 5.10 Å². The predicted octanol–water partition coefficient (Wildman–Crippen LogP) is 4.92. The average Bonchev–Trinajstić information content (AvgIpc) is 2.84. The number of hydrogen-bond acceptors (Lipinski definition) is 2. The number of fused-ring (bicyclic) bond motifs is 1. The van der Waals surface area contributed by atoms with Gasteiger partial charge in [-0.1, -0.05) is 29.1 Å². The Morgan fingerprint density at radius 2 is 2.09 bits per heavy atom. The van der Waals surface area contributed by atoms with Gasteiger partial charge in [0.25, 0.3) is 0 Å². The van der Waals surface area contributed by atoms with Crippen LogP contribution < -0.4 is 0 Å². The fourth-order valence-electron chi connectivity index (χ4n) is 2.58. The van der Waals surface area contributed by atoms with Crippen LogP contribution in [0.4, 0.5) is 4.39 Å². The van der Waals surface area contributed by atoms with Gasteiger partial charge in [0, 0.05) is 10.5 Å². The molecule has 114 valence electrons. The molecule has 0 atom stereocenters. The Labute approximate surface area is 143 Å². The molecule has 0 saturated carbocycles. The van der Waals surface area contributed by atoms with Gasteiger partial charge < -0.3 is 0 Å². The van der Waals surface area contributed by atoms with E-state index >= 15 is 0 Å². The highest BCUT2D eigenvalue weighted by Crippen LogP contribution is 2.34. The minimum Gasteiger partial charge on any atom is -0.219 e. The van der Waals surface area contributed by atoms with Crippen LogP contribution in [-0.2, 0) is 12.8 Å². The van der Waals surface area contributed by atoms with Crippen molar-refractivity contribution < 1.29 is 4.39 Å². The van der Waals surface area contributed by atoms with Gasteiger partial charge in [0.1, 0.15) is 16.7 Å². The van der Waals surface area contributed by atoms with Crippen LogP contribution in [0.25, 0.3) is 5.69 Å². The summed E-state index contributed by atoms with van der Waals surface area (Å²) in [6, 6.07) is 2.94. The first kappa shape index (κ1) is 15.7. The highest BCUT2D eigenvalue weighted by atomic mass is 35.5. The normalized spacial score (nSPS) is 13.7. The monoisotopic (exact) mass is 354 g/mol. The van der Waals surface area contributed by atoms with Crippen LogP contribution in [0.15, 0.2) is 17.0 Å². The molecule has 1 aliphatic rings. The van der Waals surface area contributed by atoms with Gasteiger partial charge in [-0.25, -0.2) is 9.07 Å². The van der Waals surface area contributed by atoms with E-state index in [0.29, 0.717) is 21.6 Å². The number of nitrogens with zero attached hydrogens (tertiary/aromatic N) is 2. The van der Waals surface area contributed by atoms with Crippen molar-refractivity contribution in [1.82, 2.24) is 9.78 Å². The van der Waals surface area contributed by atoms with Crippen LogP contribution in [-0.4, -0.2) is 15.5 Å². The van der Waals surface area contributed by atoms with Gasteiger partial charge in [-0.15, -0.1) is 18.2 Å². The van der Waals surface area contributed by atoms with E-state index in [1.807, 2.05) is 0 Å². The van der Waals surface area contributed by atoms with Crippen LogP contribution in [0.1, 0.15) is 24.1 Å². The fraction of sp³-hybridized carbons (Fsp3) is 0.312. The molecule has 0 fully saturated rings. The number of terminal acetylenes is 1. The quantitative estimate of drug-likeness (QED) is 0.574. The molecule has 2 nitrogen and oxygen atoms in total. The second-order valence-electron chi connectivity index (χ2n) is 5.06. The second-order valence-corrected chi connectivity index (χ2v) is 6.84. The van der Waals surface area contributed by atoms with Gasteiger partial charge >= 0.3 is 0 Å². The molecule has 0 saturated heterocycles. The Kier molecular flexibility index (Phi) is 4.67. The number of aryl methyl sites for hydroxylation is 1. The SMILES string of the molecule is C#CCSc1cc(-n2nc3c(c2Cl)CCCC3)c(F)cc1Cl. The average molecular weight is 355 g/mol. The molecule has 1 aliphatic carbocycles. The minimum absolute atomic E-state index is 0.309. The molecule has 1 aromatic heterocycles. The van der Waals surface area contributed by atoms with E-state index in [2.05, 4.69) is 11.0 Å². The fourth-order valence-corrected chi connectivity index (χ4v) is 3.86.